The molecule has 1 aliphatic heterocycles. The third-order valence-corrected chi connectivity index (χ3v) is 4.23. The molecule has 0 spiro atoms. The van der Waals surface area contributed by atoms with Crippen LogP contribution >= 0.6 is 0 Å². The highest BCUT2D eigenvalue weighted by atomic mass is 16.7. The van der Waals surface area contributed by atoms with Crippen LogP contribution in [0.25, 0.3) is 0 Å². The van der Waals surface area contributed by atoms with E-state index < -0.39 is 18.3 Å². The van der Waals surface area contributed by atoms with Crippen LogP contribution in [0.3, 0.4) is 0 Å². The third-order valence-electron chi connectivity index (χ3n) is 4.23. The molecule has 1 aliphatic rings. The van der Waals surface area contributed by atoms with E-state index in [0.29, 0.717) is 11.1 Å². The van der Waals surface area contributed by atoms with Gasteiger partial charge in [0, 0.05) is 0 Å². The van der Waals surface area contributed by atoms with Crippen molar-refractivity contribution in [3.8, 4) is 5.75 Å². The second kappa shape index (κ2) is 4.60. The minimum atomic E-state index is -0.530. The molecule has 0 aliphatic carbocycles. The van der Waals surface area contributed by atoms with Crippen molar-refractivity contribution in [2.45, 2.75) is 52.7 Å². The summed E-state index contributed by atoms with van der Waals surface area (Å²) in [6.45, 7) is 11.1. The van der Waals surface area contributed by atoms with E-state index in [1.807, 2.05) is 27.7 Å². The van der Waals surface area contributed by atoms with Crippen molar-refractivity contribution in [1.82, 2.24) is 0 Å². The third kappa shape index (κ3) is 2.36. The van der Waals surface area contributed by atoms with Gasteiger partial charge in [-0.15, -0.1) is 0 Å². The summed E-state index contributed by atoms with van der Waals surface area (Å²) in [5.74, 6) is -0.151. The fraction of sp³-hybridized carbons (Fsp3) is 0.533. The number of Topliss-reactive ketones (excluding diaryl/α,β-unsaturated/α-hetero) is 1. The molecular weight excluding hydrogens is 255 g/mol. The molecule has 1 fully saturated rings. The molecule has 4 nitrogen and oxygen atoms in total. The van der Waals surface area contributed by atoms with E-state index in [4.69, 9.17) is 9.31 Å². The summed E-state index contributed by atoms with van der Waals surface area (Å²) in [5, 5.41) is 9.94. The van der Waals surface area contributed by atoms with E-state index in [1.165, 1.54) is 6.92 Å². The lowest BCUT2D eigenvalue weighted by molar-refractivity contribution is 0.00578. The summed E-state index contributed by atoms with van der Waals surface area (Å²) in [5.41, 5.74) is 0.834. The van der Waals surface area contributed by atoms with Crippen LogP contribution in [0.15, 0.2) is 12.1 Å². The quantitative estimate of drug-likeness (QED) is 0.664. The summed E-state index contributed by atoms with van der Waals surface area (Å²) < 4.78 is 11.9. The zero-order valence-electron chi connectivity index (χ0n) is 12.9. The van der Waals surface area contributed by atoms with Crippen LogP contribution in [-0.2, 0) is 9.31 Å². The lowest BCUT2D eigenvalue weighted by Gasteiger charge is -2.32. The summed E-state index contributed by atoms with van der Waals surface area (Å²) in [7, 11) is -0.530. The number of aromatic hydroxyl groups is 1. The molecule has 0 bridgehead atoms. The molecule has 1 aromatic rings. The molecule has 0 amide bonds. The molecule has 1 aromatic carbocycles. The van der Waals surface area contributed by atoms with E-state index in [2.05, 4.69) is 0 Å². The van der Waals surface area contributed by atoms with Crippen LogP contribution in [0.2, 0.25) is 0 Å². The van der Waals surface area contributed by atoms with Crippen LogP contribution in [-0.4, -0.2) is 29.2 Å². The number of hydrogen-bond acceptors (Lipinski definition) is 4. The maximum atomic E-state index is 11.6. The Kier molecular flexibility index (Phi) is 3.47. The van der Waals surface area contributed by atoms with E-state index in [0.717, 1.165) is 5.46 Å². The number of aryl methyl sites for hydroxylation is 1. The monoisotopic (exact) mass is 276 g/mol. The highest BCUT2D eigenvalue weighted by Gasteiger charge is 2.51. The van der Waals surface area contributed by atoms with E-state index in [-0.39, 0.29) is 11.5 Å². The molecule has 0 unspecified atom stereocenters. The zero-order chi connectivity index (χ0) is 15.3. The van der Waals surface area contributed by atoms with Gasteiger partial charge < -0.3 is 14.4 Å². The summed E-state index contributed by atoms with van der Waals surface area (Å²) in [4.78, 5) is 11.6. The van der Waals surface area contributed by atoms with Crippen molar-refractivity contribution in [2.24, 2.45) is 0 Å². The van der Waals surface area contributed by atoms with Crippen LogP contribution < -0.4 is 5.46 Å². The molecule has 1 saturated heterocycles. The first-order chi connectivity index (χ1) is 9.05. The van der Waals surface area contributed by atoms with Crippen LogP contribution in [0.5, 0.6) is 5.75 Å². The number of carbonyl (C=O) groups excluding carboxylic acids is 1. The number of phenols is 1. The Balaban J connectivity index is 2.43. The number of rotatable bonds is 2. The normalized spacial score (nSPS) is 20.2. The van der Waals surface area contributed by atoms with Crippen molar-refractivity contribution < 1.29 is 19.2 Å². The molecule has 108 valence electrons. The maximum absolute atomic E-state index is 11.6. The van der Waals surface area contributed by atoms with Crippen molar-refractivity contribution in [2.75, 3.05) is 0 Å². The fourth-order valence-corrected chi connectivity index (χ4v) is 2.19. The molecular formula is C15H21BO4. The van der Waals surface area contributed by atoms with Gasteiger partial charge in [-0.2, -0.15) is 0 Å². The molecule has 1 heterocycles. The predicted octanol–water partition coefficient (Wildman–Crippen LogP) is 2.20. The molecule has 0 radical (unpaired) electrons. The average molecular weight is 276 g/mol. The first-order valence-corrected chi connectivity index (χ1v) is 6.75. The number of phenolic OH excluding ortho intramolecular Hbond substituents is 1. The largest absolute Gasteiger partial charge is 0.507 e. The first-order valence-electron chi connectivity index (χ1n) is 6.75. The highest BCUT2D eigenvalue weighted by molar-refractivity contribution is 6.62. The molecule has 0 aromatic heterocycles. The van der Waals surface area contributed by atoms with Crippen molar-refractivity contribution in [1.29, 1.82) is 0 Å². The Hall–Kier alpha value is -1.33. The van der Waals surface area contributed by atoms with Gasteiger partial charge in [0.15, 0.2) is 5.78 Å². The predicted molar refractivity (Wildman–Crippen MR) is 78.6 cm³/mol. The Morgan fingerprint density at radius 3 is 2.10 bits per heavy atom. The Morgan fingerprint density at radius 2 is 1.65 bits per heavy atom. The smallest absolute Gasteiger partial charge is 0.494 e. The van der Waals surface area contributed by atoms with Gasteiger partial charge in [-0.05, 0) is 58.6 Å². The molecule has 1 N–H and O–H groups in total. The van der Waals surface area contributed by atoms with Gasteiger partial charge in [0.2, 0.25) is 0 Å². The van der Waals surface area contributed by atoms with Gasteiger partial charge in [-0.1, -0.05) is 6.07 Å². The van der Waals surface area contributed by atoms with E-state index in [9.17, 15) is 9.90 Å². The number of hydrogen-bond donors (Lipinski definition) is 1. The van der Waals surface area contributed by atoms with Gasteiger partial charge in [0.05, 0.1) is 16.8 Å². The van der Waals surface area contributed by atoms with Crippen molar-refractivity contribution >= 4 is 18.4 Å². The molecule has 5 heteroatoms. The van der Waals surface area contributed by atoms with Gasteiger partial charge >= 0.3 is 7.12 Å². The van der Waals surface area contributed by atoms with Crippen molar-refractivity contribution in [3.63, 3.8) is 0 Å². The van der Waals surface area contributed by atoms with Crippen molar-refractivity contribution in [3.05, 3.63) is 23.3 Å². The van der Waals surface area contributed by atoms with Crippen LogP contribution in [0.4, 0.5) is 0 Å². The Bertz CT molecular complexity index is 547. The standard InChI is InChI=1S/C15H21BO4/c1-9-7-11(8-12(10(2)17)13(9)18)16-19-14(3,4)15(5,6)20-16/h7-8,18H,1-6H3. The van der Waals surface area contributed by atoms with Gasteiger partial charge in [-0.25, -0.2) is 0 Å². The maximum Gasteiger partial charge on any atom is 0.494 e. The summed E-state index contributed by atoms with van der Waals surface area (Å²) in [6.07, 6.45) is 0. The van der Waals surface area contributed by atoms with Gasteiger partial charge in [0.25, 0.3) is 0 Å². The van der Waals surface area contributed by atoms with Crippen LogP contribution in [0, 0.1) is 6.92 Å². The highest BCUT2D eigenvalue weighted by Crippen LogP contribution is 2.36. The molecule has 0 saturated carbocycles. The topological polar surface area (TPSA) is 55.8 Å². The minimum Gasteiger partial charge on any atom is -0.507 e. The molecule has 2 rings (SSSR count). The lowest BCUT2D eigenvalue weighted by Crippen LogP contribution is -2.41. The summed E-state index contributed by atoms with van der Waals surface area (Å²) >= 11 is 0. The number of ketones is 1. The fourth-order valence-electron chi connectivity index (χ4n) is 2.19. The SMILES string of the molecule is CC(=O)c1cc(B2OC(C)(C)C(C)(C)O2)cc(C)c1O. The van der Waals surface area contributed by atoms with E-state index in [1.54, 1.807) is 19.1 Å². The number of benzene rings is 1. The van der Waals surface area contributed by atoms with Gasteiger partial charge in [-0.3, -0.25) is 4.79 Å². The van der Waals surface area contributed by atoms with Gasteiger partial charge in [0.1, 0.15) is 5.75 Å². The second-order valence-electron chi connectivity index (χ2n) is 6.38. The molecule has 0 atom stereocenters. The molecule has 20 heavy (non-hydrogen) atoms. The number of carbonyl (C=O) groups is 1. The zero-order valence-corrected chi connectivity index (χ0v) is 12.9. The second-order valence-corrected chi connectivity index (χ2v) is 6.38. The summed E-state index contributed by atoms with van der Waals surface area (Å²) in [6, 6.07) is 3.44. The minimum absolute atomic E-state index is 0.0257. The Labute approximate surface area is 120 Å². The van der Waals surface area contributed by atoms with Crippen LogP contribution in [0.1, 0.15) is 50.5 Å². The first kappa shape index (κ1) is 15.1. The Morgan fingerprint density at radius 1 is 1.15 bits per heavy atom. The van der Waals surface area contributed by atoms with E-state index >= 15 is 0 Å². The average Bonchev–Trinajstić information content (AvgIpc) is 2.51. The lowest BCUT2D eigenvalue weighted by atomic mass is 9.77.